The molecule has 0 N–H and O–H groups in total. The molecule has 2 rings (SSSR count). The number of rotatable bonds is 2. The summed E-state index contributed by atoms with van der Waals surface area (Å²) in [5.74, 6) is 0. The highest BCUT2D eigenvalue weighted by Gasteiger charge is 2.48. The summed E-state index contributed by atoms with van der Waals surface area (Å²) in [6.45, 7) is 2.39. The van der Waals surface area contributed by atoms with E-state index in [1.54, 1.807) is 7.11 Å². The maximum absolute atomic E-state index is 13.1. The molecule has 2 heterocycles. The number of methoxy groups -OCH3 is 1. The van der Waals surface area contributed by atoms with Crippen molar-refractivity contribution in [3.8, 4) is 0 Å². The first-order valence-corrected chi connectivity index (χ1v) is 4.65. The highest BCUT2D eigenvalue weighted by atomic mass is 19.1. The highest BCUT2D eigenvalue weighted by Crippen LogP contribution is 2.39. The zero-order valence-corrected chi connectivity index (χ0v) is 7.55. The standard InChI is InChI=1S/C9H16FNO/c1-12-7-9-3-2-4-11(9)6-8(10)5-9/h8H,2-7H2,1H3/t8-,9-/m0/s1. The minimum absolute atomic E-state index is 0.0637. The van der Waals surface area contributed by atoms with Crippen molar-refractivity contribution < 1.29 is 9.13 Å². The van der Waals surface area contributed by atoms with E-state index in [9.17, 15) is 4.39 Å². The normalized spacial score (nSPS) is 42.0. The lowest BCUT2D eigenvalue weighted by Crippen LogP contribution is -2.42. The molecule has 0 radical (unpaired) electrons. The van der Waals surface area contributed by atoms with Gasteiger partial charge in [0.15, 0.2) is 0 Å². The average Bonchev–Trinajstić information content (AvgIpc) is 2.44. The molecule has 2 aliphatic rings. The molecule has 0 unspecified atom stereocenters. The van der Waals surface area contributed by atoms with Gasteiger partial charge >= 0.3 is 0 Å². The summed E-state index contributed by atoms with van der Waals surface area (Å²) in [4.78, 5) is 2.27. The Bertz CT molecular complexity index is 176. The molecule has 12 heavy (non-hydrogen) atoms. The van der Waals surface area contributed by atoms with Crippen molar-refractivity contribution in [1.29, 1.82) is 0 Å². The Morgan fingerprint density at radius 2 is 2.50 bits per heavy atom. The Morgan fingerprint density at radius 1 is 1.67 bits per heavy atom. The number of ether oxygens (including phenoxy) is 1. The second-order valence-electron chi connectivity index (χ2n) is 4.01. The summed E-state index contributed by atoms with van der Waals surface area (Å²) in [5.41, 5.74) is 0.0637. The molecule has 2 fully saturated rings. The topological polar surface area (TPSA) is 12.5 Å². The van der Waals surface area contributed by atoms with E-state index in [0.29, 0.717) is 19.6 Å². The van der Waals surface area contributed by atoms with Crippen LogP contribution < -0.4 is 0 Å². The molecule has 2 atom stereocenters. The summed E-state index contributed by atoms with van der Waals surface area (Å²) >= 11 is 0. The predicted octanol–water partition coefficient (Wildman–Crippen LogP) is 1.21. The van der Waals surface area contributed by atoms with Crippen molar-refractivity contribution in [3.05, 3.63) is 0 Å². The summed E-state index contributed by atoms with van der Waals surface area (Å²) in [6.07, 6.45) is 2.37. The molecule has 3 heteroatoms. The lowest BCUT2D eigenvalue weighted by Gasteiger charge is -2.30. The van der Waals surface area contributed by atoms with Gasteiger partial charge in [0.2, 0.25) is 0 Å². The van der Waals surface area contributed by atoms with Crippen molar-refractivity contribution in [2.24, 2.45) is 0 Å². The lowest BCUT2D eigenvalue weighted by molar-refractivity contribution is 0.0652. The van der Waals surface area contributed by atoms with Crippen LogP contribution in [0.5, 0.6) is 0 Å². The molecule has 0 spiro atoms. The Balaban J connectivity index is 2.09. The first-order chi connectivity index (χ1) is 5.77. The Hall–Kier alpha value is -0.150. The maximum atomic E-state index is 13.1. The number of halogens is 1. The van der Waals surface area contributed by atoms with Crippen LogP contribution in [0.15, 0.2) is 0 Å². The van der Waals surface area contributed by atoms with E-state index >= 15 is 0 Å². The van der Waals surface area contributed by atoms with Crippen LogP contribution in [-0.4, -0.2) is 43.4 Å². The third-order valence-electron chi connectivity index (χ3n) is 3.17. The van der Waals surface area contributed by atoms with Crippen LogP contribution in [0.2, 0.25) is 0 Å². The summed E-state index contributed by atoms with van der Waals surface area (Å²) in [5, 5.41) is 0. The quantitative estimate of drug-likeness (QED) is 0.622. The van der Waals surface area contributed by atoms with Crippen LogP contribution in [0.1, 0.15) is 19.3 Å². The van der Waals surface area contributed by atoms with Crippen LogP contribution in [0.4, 0.5) is 4.39 Å². The van der Waals surface area contributed by atoms with E-state index in [4.69, 9.17) is 4.74 Å². The molecule has 0 saturated carbocycles. The largest absolute Gasteiger partial charge is 0.383 e. The van der Waals surface area contributed by atoms with Gasteiger partial charge in [-0.15, -0.1) is 0 Å². The molecule has 0 bridgehead atoms. The molecule has 0 amide bonds. The van der Waals surface area contributed by atoms with Gasteiger partial charge in [-0.05, 0) is 19.4 Å². The summed E-state index contributed by atoms with van der Waals surface area (Å²) in [7, 11) is 1.71. The van der Waals surface area contributed by atoms with Crippen molar-refractivity contribution >= 4 is 0 Å². The molecule has 0 aromatic heterocycles. The van der Waals surface area contributed by atoms with Gasteiger partial charge in [-0.3, -0.25) is 4.90 Å². The van der Waals surface area contributed by atoms with Crippen LogP contribution in [-0.2, 0) is 4.74 Å². The van der Waals surface area contributed by atoms with Gasteiger partial charge in [0.05, 0.1) is 6.61 Å². The number of hydrogen-bond acceptors (Lipinski definition) is 2. The fourth-order valence-corrected chi connectivity index (χ4v) is 2.72. The predicted molar refractivity (Wildman–Crippen MR) is 44.9 cm³/mol. The van der Waals surface area contributed by atoms with E-state index in [-0.39, 0.29) is 5.54 Å². The second kappa shape index (κ2) is 2.96. The first kappa shape index (κ1) is 8.45. The number of fused-ring (bicyclic) bond motifs is 1. The van der Waals surface area contributed by atoms with E-state index in [2.05, 4.69) is 4.90 Å². The fourth-order valence-electron chi connectivity index (χ4n) is 2.72. The van der Waals surface area contributed by atoms with Crippen LogP contribution in [0.25, 0.3) is 0 Å². The molecule has 0 aromatic carbocycles. The molecular weight excluding hydrogens is 157 g/mol. The van der Waals surface area contributed by atoms with E-state index in [1.807, 2.05) is 0 Å². The first-order valence-electron chi connectivity index (χ1n) is 4.65. The van der Waals surface area contributed by atoms with Crippen molar-refractivity contribution in [2.75, 3.05) is 26.8 Å². The second-order valence-corrected chi connectivity index (χ2v) is 4.01. The van der Waals surface area contributed by atoms with E-state index < -0.39 is 6.17 Å². The van der Waals surface area contributed by atoms with Crippen LogP contribution in [0.3, 0.4) is 0 Å². The minimum Gasteiger partial charge on any atom is -0.383 e. The fraction of sp³-hybridized carbons (Fsp3) is 1.00. The molecule has 0 aromatic rings. The average molecular weight is 173 g/mol. The van der Waals surface area contributed by atoms with Gasteiger partial charge in [0.1, 0.15) is 6.17 Å². The zero-order chi connectivity index (χ0) is 8.60. The summed E-state index contributed by atoms with van der Waals surface area (Å²) < 4.78 is 18.3. The third kappa shape index (κ3) is 1.15. The molecule has 70 valence electrons. The maximum Gasteiger partial charge on any atom is 0.115 e. The van der Waals surface area contributed by atoms with Crippen molar-refractivity contribution in [3.63, 3.8) is 0 Å². The van der Waals surface area contributed by atoms with Gasteiger partial charge in [0, 0.05) is 25.6 Å². The molecule has 2 aliphatic heterocycles. The number of nitrogens with zero attached hydrogens (tertiary/aromatic N) is 1. The van der Waals surface area contributed by atoms with Crippen molar-refractivity contribution in [2.45, 2.75) is 31.0 Å². The SMILES string of the molecule is COC[C@@]12CCCN1C[C@@H](F)C2. The van der Waals surface area contributed by atoms with E-state index in [1.165, 1.54) is 6.42 Å². The van der Waals surface area contributed by atoms with E-state index in [0.717, 1.165) is 13.0 Å². The van der Waals surface area contributed by atoms with Gasteiger partial charge in [-0.2, -0.15) is 0 Å². The van der Waals surface area contributed by atoms with Crippen molar-refractivity contribution in [1.82, 2.24) is 4.90 Å². The monoisotopic (exact) mass is 173 g/mol. The van der Waals surface area contributed by atoms with Crippen LogP contribution >= 0.6 is 0 Å². The summed E-state index contributed by atoms with van der Waals surface area (Å²) in [6, 6.07) is 0. The molecular formula is C9H16FNO. The molecule has 2 nitrogen and oxygen atoms in total. The zero-order valence-electron chi connectivity index (χ0n) is 7.55. The Kier molecular flexibility index (Phi) is 2.09. The minimum atomic E-state index is -0.625. The number of alkyl halides is 1. The smallest absolute Gasteiger partial charge is 0.115 e. The lowest BCUT2D eigenvalue weighted by atomic mass is 9.95. The molecule has 2 saturated heterocycles. The van der Waals surface area contributed by atoms with Gasteiger partial charge in [-0.25, -0.2) is 4.39 Å². The highest BCUT2D eigenvalue weighted by molar-refractivity contribution is 5.03. The number of hydrogen-bond donors (Lipinski definition) is 0. The van der Waals surface area contributed by atoms with Gasteiger partial charge < -0.3 is 4.74 Å². The van der Waals surface area contributed by atoms with Gasteiger partial charge in [0.25, 0.3) is 0 Å². The third-order valence-corrected chi connectivity index (χ3v) is 3.17. The Morgan fingerprint density at radius 3 is 3.25 bits per heavy atom. The molecule has 0 aliphatic carbocycles. The van der Waals surface area contributed by atoms with Crippen LogP contribution in [0, 0.1) is 0 Å². The van der Waals surface area contributed by atoms with Gasteiger partial charge in [-0.1, -0.05) is 0 Å². The Labute approximate surface area is 72.7 Å².